The molecule has 1 aliphatic rings. The number of halogens is 2. The molecule has 12 heteroatoms. The molecule has 0 aliphatic heterocycles. The van der Waals surface area contributed by atoms with Crippen LogP contribution in [0.5, 0.6) is 0 Å². The minimum atomic E-state index is -1.58. The monoisotopic (exact) mass is 704 g/mol. The number of hydrogen-bond acceptors (Lipinski definition) is 9. The molecule has 1 aliphatic carbocycles. The average molecular weight is 706 g/mol. The summed E-state index contributed by atoms with van der Waals surface area (Å²) in [6.45, 7) is 5.36. The van der Waals surface area contributed by atoms with Crippen molar-refractivity contribution in [1.29, 1.82) is 0 Å². The Kier molecular flexibility index (Phi) is 18.9. The van der Waals surface area contributed by atoms with Gasteiger partial charge in [0.05, 0.1) is 41.8 Å². The van der Waals surface area contributed by atoms with Gasteiger partial charge >= 0.3 is 11.9 Å². The second-order valence-corrected chi connectivity index (χ2v) is 12.3. The minimum absolute atomic E-state index is 0.0766. The predicted octanol–water partition coefficient (Wildman–Crippen LogP) is 3.44. The van der Waals surface area contributed by atoms with Crippen molar-refractivity contribution in [1.82, 2.24) is 0 Å². The largest absolute Gasteiger partial charge is 0.481 e. The number of ether oxygens (including phenoxy) is 1. The molecule has 10 unspecified atom stereocenters. The molecule has 1 rings (SSSR count). The van der Waals surface area contributed by atoms with Crippen LogP contribution in [-0.4, -0.2) is 95.8 Å². The highest BCUT2D eigenvalue weighted by atomic mass is 79.9. The molecular weight excluding hydrogens is 660 g/mol. The summed E-state index contributed by atoms with van der Waals surface area (Å²) < 4.78 is 5.76. The maximum Gasteiger partial charge on any atom is 0.331 e. The molecule has 10 atom stereocenters. The molecule has 0 spiro atoms. The summed E-state index contributed by atoms with van der Waals surface area (Å²) in [5, 5.41) is 69.6. The predicted molar refractivity (Wildman–Crippen MR) is 172 cm³/mol. The number of aliphatic hydroxyl groups is 6. The number of carboxylic acid groups (broad SMARTS) is 1. The van der Waals surface area contributed by atoms with Crippen LogP contribution >= 0.6 is 27.5 Å². The van der Waals surface area contributed by atoms with E-state index in [1.807, 2.05) is 13.8 Å². The molecular formula is C32H46BrClO10. The first-order valence-electron chi connectivity index (χ1n) is 14.6. The average Bonchev–Trinajstić information content (AvgIpc) is 2.99. The van der Waals surface area contributed by atoms with E-state index < -0.39 is 71.9 Å². The van der Waals surface area contributed by atoms with Gasteiger partial charge in [0, 0.05) is 29.3 Å². The van der Waals surface area contributed by atoms with Crippen molar-refractivity contribution in [3.63, 3.8) is 0 Å². The first-order chi connectivity index (χ1) is 20.7. The van der Waals surface area contributed by atoms with Gasteiger partial charge in [0.15, 0.2) is 0 Å². The van der Waals surface area contributed by atoms with Crippen LogP contribution < -0.4 is 0 Å². The van der Waals surface area contributed by atoms with Gasteiger partial charge in [-0.2, -0.15) is 0 Å². The molecule has 1 fully saturated rings. The van der Waals surface area contributed by atoms with Crippen molar-refractivity contribution in [3.05, 3.63) is 70.8 Å². The lowest BCUT2D eigenvalue weighted by atomic mass is 9.85. The number of esters is 1. The maximum atomic E-state index is 12.1. The van der Waals surface area contributed by atoms with E-state index in [4.69, 9.17) is 21.4 Å². The van der Waals surface area contributed by atoms with Crippen molar-refractivity contribution in [2.75, 3.05) is 0 Å². The van der Waals surface area contributed by atoms with E-state index in [2.05, 4.69) is 15.9 Å². The van der Waals surface area contributed by atoms with Crippen LogP contribution in [-0.2, 0) is 14.3 Å². The van der Waals surface area contributed by atoms with Crippen LogP contribution in [0.3, 0.4) is 0 Å². The third kappa shape index (κ3) is 14.3. The molecule has 44 heavy (non-hydrogen) atoms. The van der Waals surface area contributed by atoms with Crippen molar-refractivity contribution in [2.24, 2.45) is 11.8 Å². The molecule has 0 amide bonds. The van der Waals surface area contributed by atoms with Crippen LogP contribution in [0.25, 0.3) is 0 Å². The summed E-state index contributed by atoms with van der Waals surface area (Å²) in [4.78, 5) is 23.2. The fraction of sp³-hybridized carbons (Fsp3) is 0.562. The molecule has 10 nitrogen and oxygen atoms in total. The van der Waals surface area contributed by atoms with Crippen molar-refractivity contribution in [2.45, 2.75) is 101 Å². The third-order valence-corrected chi connectivity index (χ3v) is 8.77. The highest BCUT2D eigenvalue weighted by molar-refractivity contribution is 9.11. The first-order valence-corrected chi connectivity index (χ1v) is 15.8. The Labute approximate surface area is 272 Å². The Bertz CT molecular complexity index is 1080. The van der Waals surface area contributed by atoms with Crippen LogP contribution in [0, 0.1) is 11.8 Å². The fourth-order valence-electron chi connectivity index (χ4n) is 4.37. The SMILES string of the molecule is CC/C=C/C(O)C(Cl)C(O)CC(O)C(O)C(O)C(C)/C(Br)=C/C=C/C=C(C)/C=C/C=C/C(=O)OC1CC(C(=O)O)CCC1O. The van der Waals surface area contributed by atoms with E-state index in [0.29, 0.717) is 17.3 Å². The van der Waals surface area contributed by atoms with E-state index in [-0.39, 0.29) is 19.3 Å². The van der Waals surface area contributed by atoms with E-state index in [1.54, 1.807) is 49.5 Å². The quantitative estimate of drug-likeness (QED) is 0.0389. The second-order valence-electron chi connectivity index (χ2n) is 10.9. The number of carbonyl (C=O) groups excluding carboxylic acids is 1. The summed E-state index contributed by atoms with van der Waals surface area (Å²) in [6.07, 6.45) is 8.48. The number of carbonyl (C=O) groups is 2. The smallest absolute Gasteiger partial charge is 0.331 e. The molecule has 0 radical (unpaired) electrons. The highest BCUT2D eigenvalue weighted by Gasteiger charge is 2.35. The van der Waals surface area contributed by atoms with Gasteiger partial charge in [0.1, 0.15) is 12.2 Å². The molecule has 0 aromatic carbocycles. The number of allylic oxidation sites excluding steroid dienone is 9. The van der Waals surface area contributed by atoms with E-state index in [1.165, 1.54) is 18.2 Å². The molecule has 1 saturated carbocycles. The Morgan fingerprint density at radius 1 is 0.977 bits per heavy atom. The van der Waals surface area contributed by atoms with Gasteiger partial charge in [-0.05, 0) is 26.2 Å². The van der Waals surface area contributed by atoms with Gasteiger partial charge in [-0.15, -0.1) is 11.6 Å². The molecule has 0 aromatic rings. The van der Waals surface area contributed by atoms with Crippen LogP contribution in [0.1, 0.15) is 52.9 Å². The second kappa shape index (κ2) is 20.8. The Morgan fingerprint density at radius 2 is 1.61 bits per heavy atom. The topological polar surface area (TPSA) is 185 Å². The molecule has 248 valence electrons. The third-order valence-electron chi connectivity index (χ3n) is 7.24. The standard InChI is InChI=1S/C32H46BrClO10/c1-4-5-13-24(36)29(34)25(37)18-26(38)31(41)30(40)20(3)22(33)12-8-6-10-19(2)11-7-9-14-28(39)44-27-17-21(32(42)43)15-16-23(27)35/h5-14,20-21,23-27,29-31,35-38,40-41H,4,15-18H2,1-3H3,(H,42,43)/b8-6+,11-7+,13-5+,14-9+,19-10+,22-12-. The van der Waals surface area contributed by atoms with Crippen molar-refractivity contribution >= 4 is 39.5 Å². The number of alkyl halides is 1. The molecule has 7 N–H and O–H groups in total. The number of aliphatic hydroxyl groups excluding tert-OH is 6. The normalized spacial score (nSPS) is 25.3. The van der Waals surface area contributed by atoms with Crippen LogP contribution in [0.15, 0.2) is 70.8 Å². The lowest BCUT2D eigenvalue weighted by molar-refractivity contribution is -0.159. The number of hydrogen-bond donors (Lipinski definition) is 7. The highest BCUT2D eigenvalue weighted by Crippen LogP contribution is 2.28. The summed E-state index contributed by atoms with van der Waals surface area (Å²) >= 11 is 9.44. The van der Waals surface area contributed by atoms with Crippen LogP contribution in [0.4, 0.5) is 0 Å². The number of aliphatic carboxylic acids is 1. The Morgan fingerprint density at radius 3 is 2.25 bits per heavy atom. The molecule has 0 saturated heterocycles. The van der Waals surface area contributed by atoms with Gasteiger partial charge in [-0.25, -0.2) is 4.79 Å². The van der Waals surface area contributed by atoms with E-state index in [9.17, 15) is 40.2 Å². The first kappa shape index (κ1) is 39.9. The summed E-state index contributed by atoms with van der Waals surface area (Å²) in [7, 11) is 0. The minimum Gasteiger partial charge on any atom is -0.481 e. The summed E-state index contributed by atoms with van der Waals surface area (Å²) in [5.74, 6) is -2.89. The zero-order chi connectivity index (χ0) is 33.4. The Balaban J connectivity index is 2.60. The molecule has 0 aromatic heterocycles. The zero-order valence-corrected chi connectivity index (χ0v) is 27.5. The summed E-state index contributed by atoms with van der Waals surface area (Å²) in [5.41, 5.74) is 0.842. The maximum absolute atomic E-state index is 12.1. The van der Waals surface area contributed by atoms with Gasteiger partial charge < -0.3 is 40.5 Å². The Hall–Kier alpha value is -2.09. The van der Waals surface area contributed by atoms with E-state index >= 15 is 0 Å². The molecule has 0 heterocycles. The van der Waals surface area contributed by atoms with E-state index in [0.717, 1.165) is 5.57 Å². The van der Waals surface area contributed by atoms with Gasteiger partial charge in [-0.3, -0.25) is 4.79 Å². The lowest BCUT2D eigenvalue weighted by Crippen LogP contribution is -2.44. The van der Waals surface area contributed by atoms with Gasteiger partial charge in [0.25, 0.3) is 0 Å². The lowest BCUT2D eigenvalue weighted by Gasteiger charge is -2.30. The molecule has 0 bridgehead atoms. The summed E-state index contributed by atoms with van der Waals surface area (Å²) in [6, 6.07) is 0. The number of carboxylic acids is 1. The fourth-order valence-corrected chi connectivity index (χ4v) is 4.98. The van der Waals surface area contributed by atoms with Gasteiger partial charge in [-0.1, -0.05) is 90.0 Å². The zero-order valence-electron chi connectivity index (χ0n) is 25.2. The van der Waals surface area contributed by atoms with Crippen molar-refractivity contribution < 1.29 is 50.1 Å². The van der Waals surface area contributed by atoms with Crippen molar-refractivity contribution in [3.8, 4) is 0 Å². The van der Waals surface area contributed by atoms with Crippen LogP contribution in [0.2, 0.25) is 0 Å². The number of rotatable bonds is 17. The van der Waals surface area contributed by atoms with Gasteiger partial charge in [0.2, 0.25) is 0 Å².